The molecule has 1 unspecified atom stereocenters. The smallest absolute Gasteiger partial charge is 0.276 e. The quantitative estimate of drug-likeness (QED) is 0.333. The first-order valence-electron chi connectivity index (χ1n) is 9.31. The van der Waals surface area contributed by atoms with E-state index < -0.39 is 6.10 Å². The largest absolute Gasteiger partial charge is 0.493 e. The molecule has 3 aromatic carbocycles. The summed E-state index contributed by atoms with van der Waals surface area (Å²) in [5, 5.41) is 11.0. The van der Waals surface area contributed by atoms with Crippen molar-refractivity contribution in [2.24, 2.45) is 0 Å². The molecule has 0 N–H and O–H groups in total. The predicted molar refractivity (Wildman–Crippen MR) is 110 cm³/mol. The molecule has 2 heterocycles. The van der Waals surface area contributed by atoms with Crippen LogP contribution in [0.4, 0.5) is 0 Å². The summed E-state index contributed by atoms with van der Waals surface area (Å²) in [4.78, 5) is 0. The number of aromatic nitrogens is 2. The molecule has 146 valence electrons. The van der Waals surface area contributed by atoms with Gasteiger partial charge in [0.15, 0.2) is 11.5 Å². The number of hydrogen-bond donors (Lipinski definition) is 0. The first-order valence-corrected chi connectivity index (χ1v) is 10.3. The Labute approximate surface area is 171 Å². The van der Waals surface area contributed by atoms with E-state index in [1.54, 1.807) is 0 Å². The third-order valence-electron chi connectivity index (χ3n) is 4.50. The summed E-state index contributed by atoms with van der Waals surface area (Å²) in [5.74, 6) is 3.36. The van der Waals surface area contributed by atoms with Crippen molar-refractivity contribution in [2.75, 3.05) is 19.0 Å². The van der Waals surface area contributed by atoms with Crippen molar-refractivity contribution in [3.8, 4) is 17.2 Å². The Bertz CT molecular complexity index is 1130. The van der Waals surface area contributed by atoms with Crippen molar-refractivity contribution < 1.29 is 18.6 Å². The summed E-state index contributed by atoms with van der Waals surface area (Å²) in [5.41, 5.74) is 0. The van der Waals surface area contributed by atoms with E-state index >= 15 is 0 Å². The fraction of sp³-hybridized carbons (Fsp3) is 0.182. The van der Waals surface area contributed by atoms with Crippen molar-refractivity contribution in [2.45, 2.75) is 11.3 Å². The van der Waals surface area contributed by atoms with Gasteiger partial charge in [-0.2, -0.15) is 0 Å². The number of ether oxygens (including phenoxy) is 3. The minimum absolute atomic E-state index is 0.342. The summed E-state index contributed by atoms with van der Waals surface area (Å²) in [6.07, 6.45) is -0.402. The minimum atomic E-state index is -0.402. The van der Waals surface area contributed by atoms with Crippen LogP contribution in [0.25, 0.3) is 10.8 Å². The van der Waals surface area contributed by atoms with Gasteiger partial charge in [-0.1, -0.05) is 54.2 Å². The lowest BCUT2D eigenvalue weighted by atomic mass is 10.1. The molecular formula is C22H18N2O4S. The van der Waals surface area contributed by atoms with Gasteiger partial charge >= 0.3 is 0 Å². The molecule has 7 heteroatoms. The van der Waals surface area contributed by atoms with E-state index in [1.807, 2.05) is 48.5 Å². The zero-order valence-electron chi connectivity index (χ0n) is 15.5. The summed E-state index contributed by atoms with van der Waals surface area (Å²) in [6.45, 7) is 0.880. The van der Waals surface area contributed by atoms with E-state index in [0.717, 1.165) is 16.9 Å². The molecule has 0 saturated heterocycles. The summed E-state index contributed by atoms with van der Waals surface area (Å²) in [6, 6.07) is 21.8. The van der Waals surface area contributed by atoms with Crippen LogP contribution in [-0.4, -0.2) is 29.2 Å². The molecule has 1 aliphatic heterocycles. The molecule has 0 spiro atoms. The summed E-state index contributed by atoms with van der Waals surface area (Å²) in [7, 11) is 0. The van der Waals surface area contributed by atoms with Crippen LogP contribution in [0.2, 0.25) is 0 Å². The highest BCUT2D eigenvalue weighted by molar-refractivity contribution is 7.99. The SMILES string of the molecule is c1ccc2c(c1)OCC(c1nnc(SCCOc3ccc4ccccc4c3)o1)O2. The number of thioether (sulfide) groups is 1. The van der Waals surface area contributed by atoms with Gasteiger partial charge in [0.05, 0.1) is 6.61 Å². The lowest BCUT2D eigenvalue weighted by molar-refractivity contribution is 0.0686. The number of nitrogens with zero attached hydrogens (tertiary/aromatic N) is 2. The van der Waals surface area contributed by atoms with E-state index in [0.29, 0.717) is 35.8 Å². The van der Waals surface area contributed by atoms with Gasteiger partial charge in [0.2, 0.25) is 6.10 Å². The van der Waals surface area contributed by atoms with Crippen LogP contribution in [0, 0.1) is 0 Å². The predicted octanol–water partition coefficient (Wildman–Crippen LogP) is 4.91. The van der Waals surface area contributed by atoms with Gasteiger partial charge in [-0.25, -0.2) is 0 Å². The summed E-state index contributed by atoms with van der Waals surface area (Å²) < 4.78 is 23.2. The number of para-hydroxylation sites is 2. The average molecular weight is 406 g/mol. The van der Waals surface area contributed by atoms with Crippen LogP contribution in [0.1, 0.15) is 12.0 Å². The van der Waals surface area contributed by atoms with E-state index in [2.05, 4.69) is 28.4 Å². The molecule has 0 radical (unpaired) electrons. The summed E-state index contributed by atoms with van der Waals surface area (Å²) >= 11 is 1.45. The lowest BCUT2D eigenvalue weighted by Gasteiger charge is -2.23. The third-order valence-corrected chi connectivity index (χ3v) is 5.29. The van der Waals surface area contributed by atoms with Crippen molar-refractivity contribution in [3.05, 3.63) is 72.6 Å². The van der Waals surface area contributed by atoms with Crippen LogP contribution in [-0.2, 0) is 0 Å². The number of benzene rings is 3. The zero-order chi connectivity index (χ0) is 19.5. The van der Waals surface area contributed by atoms with Gasteiger partial charge in [0.1, 0.15) is 12.4 Å². The van der Waals surface area contributed by atoms with E-state index in [1.165, 1.54) is 17.1 Å². The monoisotopic (exact) mass is 406 g/mol. The first kappa shape index (κ1) is 17.9. The fourth-order valence-electron chi connectivity index (χ4n) is 3.10. The minimum Gasteiger partial charge on any atom is -0.493 e. The Hall–Kier alpha value is -3.19. The van der Waals surface area contributed by atoms with Crippen LogP contribution in [0.5, 0.6) is 17.2 Å². The van der Waals surface area contributed by atoms with Gasteiger partial charge in [-0.3, -0.25) is 0 Å². The van der Waals surface area contributed by atoms with Gasteiger partial charge in [-0.15, -0.1) is 10.2 Å². The van der Waals surface area contributed by atoms with Crippen molar-refractivity contribution in [1.29, 1.82) is 0 Å². The Kier molecular flexibility index (Phi) is 4.96. The second-order valence-electron chi connectivity index (χ2n) is 6.48. The molecule has 1 aromatic heterocycles. The molecule has 5 rings (SSSR count). The number of fused-ring (bicyclic) bond motifs is 2. The maximum atomic E-state index is 5.89. The molecule has 4 aromatic rings. The highest BCUT2D eigenvalue weighted by Crippen LogP contribution is 2.35. The average Bonchev–Trinajstić information content (AvgIpc) is 3.25. The molecule has 0 bridgehead atoms. The lowest BCUT2D eigenvalue weighted by Crippen LogP contribution is -2.21. The standard InChI is InChI=1S/C22H18N2O4S/c1-2-6-16-13-17(10-9-15(16)5-1)25-11-12-29-22-24-23-21(28-22)20-14-26-18-7-3-4-8-19(18)27-20/h1-10,13,20H,11-12,14H2. The van der Waals surface area contributed by atoms with E-state index in [4.69, 9.17) is 18.6 Å². The van der Waals surface area contributed by atoms with Gasteiger partial charge < -0.3 is 18.6 Å². The maximum Gasteiger partial charge on any atom is 0.276 e. The maximum absolute atomic E-state index is 5.89. The highest BCUT2D eigenvalue weighted by atomic mass is 32.2. The zero-order valence-corrected chi connectivity index (χ0v) is 16.3. The van der Waals surface area contributed by atoms with Gasteiger partial charge in [0, 0.05) is 5.75 Å². The molecular weight excluding hydrogens is 388 g/mol. The first-order chi connectivity index (χ1) is 14.3. The van der Waals surface area contributed by atoms with Crippen molar-refractivity contribution >= 4 is 22.5 Å². The Balaban J connectivity index is 1.14. The molecule has 1 atom stereocenters. The van der Waals surface area contributed by atoms with Gasteiger partial charge in [-0.05, 0) is 35.0 Å². The molecule has 0 aliphatic carbocycles. The highest BCUT2D eigenvalue weighted by Gasteiger charge is 2.27. The Morgan fingerprint density at radius 2 is 1.76 bits per heavy atom. The molecule has 6 nitrogen and oxygen atoms in total. The normalized spacial score (nSPS) is 15.4. The Morgan fingerprint density at radius 1 is 0.931 bits per heavy atom. The van der Waals surface area contributed by atoms with E-state index in [9.17, 15) is 0 Å². The second-order valence-corrected chi connectivity index (χ2v) is 7.52. The second kappa shape index (κ2) is 8.05. The molecule has 0 amide bonds. The van der Waals surface area contributed by atoms with Crippen molar-refractivity contribution in [1.82, 2.24) is 10.2 Å². The number of rotatable bonds is 6. The molecule has 0 fully saturated rings. The van der Waals surface area contributed by atoms with Crippen LogP contribution >= 0.6 is 11.8 Å². The molecule has 29 heavy (non-hydrogen) atoms. The van der Waals surface area contributed by atoms with Crippen LogP contribution < -0.4 is 14.2 Å². The number of hydrogen-bond acceptors (Lipinski definition) is 7. The van der Waals surface area contributed by atoms with Crippen molar-refractivity contribution in [3.63, 3.8) is 0 Å². The van der Waals surface area contributed by atoms with E-state index in [-0.39, 0.29) is 0 Å². The Morgan fingerprint density at radius 3 is 2.69 bits per heavy atom. The fourth-order valence-corrected chi connectivity index (χ4v) is 3.68. The van der Waals surface area contributed by atoms with Crippen LogP contribution in [0.15, 0.2) is 76.4 Å². The molecule has 0 saturated carbocycles. The van der Waals surface area contributed by atoms with Gasteiger partial charge in [0.25, 0.3) is 11.1 Å². The van der Waals surface area contributed by atoms with Crippen LogP contribution in [0.3, 0.4) is 0 Å². The topological polar surface area (TPSA) is 66.6 Å². The third kappa shape index (κ3) is 4.00. The molecule has 1 aliphatic rings.